The summed E-state index contributed by atoms with van der Waals surface area (Å²) in [4.78, 5) is 15.3. The Labute approximate surface area is 134 Å². The summed E-state index contributed by atoms with van der Waals surface area (Å²) in [5.41, 5.74) is 0.468. The summed E-state index contributed by atoms with van der Waals surface area (Å²) in [7, 11) is 0. The van der Waals surface area contributed by atoms with Gasteiger partial charge in [-0.2, -0.15) is 22.0 Å². The van der Waals surface area contributed by atoms with E-state index in [0.717, 1.165) is 0 Å². The van der Waals surface area contributed by atoms with Crippen LogP contribution in [-0.4, -0.2) is 29.8 Å². The molecular formula is C14H16F5N3O2. The first-order valence-electron chi connectivity index (χ1n) is 7.25. The Hall–Kier alpha value is -2.13. The summed E-state index contributed by atoms with van der Waals surface area (Å²) in [6.45, 7) is -3.00. The third-order valence-corrected chi connectivity index (χ3v) is 3.69. The highest BCUT2D eigenvalue weighted by Crippen LogP contribution is 2.38. The van der Waals surface area contributed by atoms with Crippen LogP contribution in [0.2, 0.25) is 0 Å². The second-order valence-electron chi connectivity index (χ2n) is 5.46. The van der Waals surface area contributed by atoms with Crippen LogP contribution in [0.1, 0.15) is 24.8 Å². The van der Waals surface area contributed by atoms with Crippen molar-refractivity contribution < 1.29 is 31.5 Å². The van der Waals surface area contributed by atoms with Crippen molar-refractivity contribution in [1.29, 1.82) is 0 Å². The Morgan fingerprint density at radius 1 is 1.38 bits per heavy atom. The van der Waals surface area contributed by atoms with Crippen LogP contribution in [0.15, 0.2) is 18.3 Å². The van der Waals surface area contributed by atoms with E-state index in [-0.39, 0.29) is 31.7 Å². The number of nitrogens with zero attached hydrogens (tertiary/aromatic N) is 1. The van der Waals surface area contributed by atoms with Gasteiger partial charge in [0, 0.05) is 24.8 Å². The average molecular weight is 353 g/mol. The van der Waals surface area contributed by atoms with Gasteiger partial charge in [-0.15, -0.1) is 0 Å². The van der Waals surface area contributed by atoms with Gasteiger partial charge in [-0.3, -0.25) is 0 Å². The Morgan fingerprint density at radius 2 is 2.12 bits per heavy atom. The number of hydrogen-bond donors (Lipinski definition) is 2. The monoisotopic (exact) mass is 353 g/mol. The van der Waals surface area contributed by atoms with Crippen molar-refractivity contribution in [1.82, 2.24) is 15.6 Å². The van der Waals surface area contributed by atoms with Gasteiger partial charge in [0.1, 0.15) is 0 Å². The molecule has 1 heterocycles. The van der Waals surface area contributed by atoms with Crippen LogP contribution >= 0.6 is 0 Å². The van der Waals surface area contributed by atoms with Crippen molar-refractivity contribution in [2.45, 2.75) is 44.6 Å². The minimum absolute atomic E-state index is 0.00334. The van der Waals surface area contributed by atoms with E-state index in [0.29, 0.717) is 5.56 Å². The number of urea groups is 1. The van der Waals surface area contributed by atoms with E-state index < -0.39 is 30.8 Å². The van der Waals surface area contributed by atoms with E-state index in [9.17, 15) is 26.7 Å². The van der Waals surface area contributed by atoms with Gasteiger partial charge in [0.25, 0.3) is 0 Å². The smallest absolute Gasteiger partial charge is 0.391 e. The van der Waals surface area contributed by atoms with Gasteiger partial charge in [0.2, 0.25) is 5.88 Å². The Bertz CT molecular complexity index is 568. The van der Waals surface area contributed by atoms with Crippen molar-refractivity contribution in [2.75, 3.05) is 0 Å². The van der Waals surface area contributed by atoms with Crippen molar-refractivity contribution in [3.05, 3.63) is 23.9 Å². The number of nitrogens with one attached hydrogen (secondary N) is 2. The number of carbonyl (C=O) groups is 1. The fourth-order valence-corrected chi connectivity index (χ4v) is 2.54. The molecule has 2 amide bonds. The van der Waals surface area contributed by atoms with Crippen molar-refractivity contribution >= 4 is 6.03 Å². The minimum Gasteiger partial charge on any atom is -0.417 e. The predicted molar refractivity (Wildman–Crippen MR) is 73.4 cm³/mol. The number of aromatic nitrogens is 1. The maximum absolute atomic E-state index is 12.6. The first kappa shape index (κ1) is 18.2. The van der Waals surface area contributed by atoms with Gasteiger partial charge in [-0.05, 0) is 30.9 Å². The molecule has 0 aromatic carbocycles. The summed E-state index contributed by atoms with van der Waals surface area (Å²) in [5, 5.41) is 4.94. The van der Waals surface area contributed by atoms with E-state index in [2.05, 4.69) is 20.4 Å². The molecule has 0 aliphatic heterocycles. The van der Waals surface area contributed by atoms with Crippen LogP contribution in [0, 0.1) is 5.92 Å². The highest BCUT2D eigenvalue weighted by molar-refractivity contribution is 5.74. The van der Waals surface area contributed by atoms with Crippen LogP contribution in [0.25, 0.3) is 0 Å². The second-order valence-corrected chi connectivity index (χ2v) is 5.46. The lowest BCUT2D eigenvalue weighted by Gasteiger charge is -2.16. The number of carbonyl (C=O) groups excluding carboxylic acids is 1. The molecule has 1 aliphatic rings. The van der Waals surface area contributed by atoms with Crippen molar-refractivity contribution in [2.24, 2.45) is 5.92 Å². The first-order chi connectivity index (χ1) is 11.2. The van der Waals surface area contributed by atoms with E-state index in [1.54, 1.807) is 0 Å². The van der Waals surface area contributed by atoms with Crippen LogP contribution < -0.4 is 15.4 Å². The van der Waals surface area contributed by atoms with Crippen LogP contribution in [0.3, 0.4) is 0 Å². The predicted octanol–water partition coefficient (Wildman–Crippen LogP) is 3.21. The lowest BCUT2D eigenvalue weighted by molar-refractivity contribution is -0.172. The molecule has 0 bridgehead atoms. The summed E-state index contributed by atoms with van der Waals surface area (Å²) >= 11 is 0. The maximum Gasteiger partial charge on any atom is 0.391 e. The number of rotatable bonds is 5. The molecule has 2 unspecified atom stereocenters. The van der Waals surface area contributed by atoms with Crippen molar-refractivity contribution in [3.8, 4) is 5.88 Å². The molecule has 1 aromatic heterocycles. The standard InChI is InChI=1S/C14H16F5N3O2/c15-12(16)24-11-5-8(3-4-20-11)7-21-13(23)22-10-2-1-9(6-10)14(17,18)19/h3-5,9-10,12H,1-2,6-7H2,(H2,21,22,23). The largest absolute Gasteiger partial charge is 0.417 e. The van der Waals surface area contributed by atoms with Gasteiger partial charge < -0.3 is 15.4 Å². The lowest BCUT2D eigenvalue weighted by atomic mass is 10.1. The molecule has 0 radical (unpaired) electrons. The van der Waals surface area contributed by atoms with Crippen LogP contribution in [-0.2, 0) is 6.54 Å². The van der Waals surface area contributed by atoms with Gasteiger partial charge in [0.15, 0.2) is 0 Å². The highest BCUT2D eigenvalue weighted by Gasteiger charge is 2.44. The molecule has 1 saturated carbocycles. The number of halogens is 5. The number of ether oxygens (including phenoxy) is 1. The Balaban J connectivity index is 1.78. The topological polar surface area (TPSA) is 63.2 Å². The molecule has 1 aliphatic carbocycles. The van der Waals surface area contributed by atoms with E-state index in [1.165, 1.54) is 18.3 Å². The third-order valence-electron chi connectivity index (χ3n) is 3.69. The Kier molecular flexibility index (Phi) is 5.79. The number of amides is 2. The normalized spacial score (nSPS) is 20.9. The Morgan fingerprint density at radius 3 is 2.75 bits per heavy atom. The molecule has 1 fully saturated rings. The summed E-state index contributed by atoms with van der Waals surface area (Å²) in [6.07, 6.45) is -2.88. The molecule has 2 atom stereocenters. The molecule has 0 spiro atoms. The fraction of sp³-hybridized carbons (Fsp3) is 0.571. The molecule has 0 saturated heterocycles. The van der Waals surface area contributed by atoms with E-state index in [4.69, 9.17) is 0 Å². The molecule has 24 heavy (non-hydrogen) atoms. The second kappa shape index (κ2) is 7.63. The lowest BCUT2D eigenvalue weighted by Crippen LogP contribution is -2.41. The van der Waals surface area contributed by atoms with Gasteiger partial charge in [-0.1, -0.05) is 0 Å². The van der Waals surface area contributed by atoms with Gasteiger partial charge in [0.05, 0.1) is 5.92 Å². The molecule has 1 aromatic rings. The van der Waals surface area contributed by atoms with Crippen LogP contribution in [0.5, 0.6) is 5.88 Å². The zero-order chi connectivity index (χ0) is 17.7. The SMILES string of the molecule is O=C(NCc1ccnc(OC(F)F)c1)NC1CCC(C(F)(F)F)C1. The van der Waals surface area contributed by atoms with Crippen molar-refractivity contribution in [3.63, 3.8) is 0 Å². The average Bonchev–Trinajstić information content (AvgIpc) is 2.93. The first-order valence-corrected chi connectivity index (χ1v) is 7.25. The maximum atomic E-state index is 12.6. The molecule has 134 valence electrons. The molecule has 5 nitrogen and oxygen atoms in total. The molecule has 2 N–H and O–H groups in total. The zero-order valence-corrected chi connectivity index (χ0v) is 12.4. The van der Waals surface area contributed by atoms with Gasteiger partial charge in [-0.25, -0.2) is 9.78 Å². The quantitative estimate of drug-likeness (QED) is 0.799. The summed E-state index contributed by atoms with van der Waals surface area (Å²) in [6, 6.07) is 1.58. The zero-order valence-electron chi connectivity index (χ0n) is 12.4. The number of pyridine rings is 1. The molecule has 2 rings (SSSR count). The summed E-state index contributed by atoms with van der Waals surface area (Å²) in [5.74, 6) is -1.68. The number of hydrogen-bond acceptors (Lipinski definition) is 3. The van der Waals surface area contributed by atoms with E-state index in [1.807, 2.05) is 0 Å². The third kappa shape index (κ3) is 5.50. The number of alkyl halides is 5. The molecule has 10 heteroatoms. The van der Waals surface area contributed by atoms with Crippen LogP contribution in [0.4, 0.5) is 26.7 Å². The highest BCUT2D eigenvalue weighted by atomic mass is 19.4. The van der Waals surface area contributed by atoms with E-state index >= 15 is 0 Å². The fourth-order valence-electron chi connectivity index (χ4n) is 2.54. The summed E-state index contributed by atoms with van der Waals surface area (Å²) < 4.78 is 66.0. The minimum atomic E-state index is -4.24. The van der Waals surface area contributed by atoms with Gasteiger partial charge >= 0.3 is 18.8 Å². The molecular weight excluding hydrogens is 337 g/mol.